The Kier molecular flexibility index (Phi) is 7.17. The van der Waals surface area contributed by atoms with Gasteiger partial charge in [0, 0.05) is 43.4 Å². The minimum Gasteiger partial charge on any atom is -0.508 e. The fourth-order valence-corrected chi connectivity index (χ4v) is 6.37. The molecule has 1 saturated carbocycles. The fourth-order valence-electron chi connectivity index (χ4n) is 6.37. The number of aromatic hydroxyl groups is 1. The molecule has 3 atom stereocenters. The maximum atomic E-state index is 13.9. The predicted molar refractivity (Wildman–Crippen MR) is 154 cm³/mol. The van der Waals surface area contributed by atoms with Crippen LogP contribution < -0.4 is 21.3 Å². The van der Waals surface area contributed by atoms with Crippen LogP contribution in [0.1, 0.15) is 36.5 Å². The molecule has 0 heterocycles. The van der Waals surface area contributed by atoms with Gasteiger partial charge in [-0.05, 0) is 60.6 Å². The zero-order chi connectivity index (χ0) is 31.5. The van der Waals surface area contributed by atoms with E-state index in [-0.39, 0.29) is 29.7 Å². The molecule has 0 bridgehead atoms. The van der Waals surface area contributed by atoms with Crippen LogP contribution >= 0.6 is 0 Å². The van der Waals surface area contributed by atoms with Crippen molar-refractivity contribution in [3.8, 4) is 5.75 Å². The lowest BCUT2D eigenvalue weighted by Gasteiger charge is -2.46. The number of fused-ring (bicyclic) bond motifs is 3. The van der Waals surface area contributed by atoms with E-state index in [1.807, 2.05) is 0 Å². The Labute approximate surface area is 245 Å². The number of phenols is 1. The zero-order valence-corrected chi connectivity index (χ0v) is 23.6. The Hall–Kier alpha value is -4.91. The second kappa shape index (κ2) is 10.4. The van der Waals surface area contributed by atoms with E-state index in [1.54, 1.807) is 25.9 Å². The Bertz CT molecular complexity index is 1680. The van der Waals surface area contributed by atoms with Crippen LogP contribution in [-0.4, -0.2) is 63.6 Å². The van der Waals surface area contributed by atoms with Crippen molar-refractivity contribution < 1.29 is 44.0 Å². The number of aryl methyl sites for hydroxylation is 1. The summed E-state index contributed by atoms with van der Waals surface area (Å²) in [5, 5.41) is 50.0. The Balaban J connectivity index is 1.58. The Morgan fingerprint density at radius 2 is 1.81 bits per heavy atom. The number of urea groups is 1. The molecule has 8 N–H and O–H groups in total. The summed E-state index contributed by atoms with van der Waals surface area (Å²) < 4.78 is 13.9. The van der Waals surface area contributed by atoms with Crippen LogP contribution in [0.5, 0.6) is 5.75 Å². The number of anilines is 3. The van der Waals surface area contributed by atoms with Gasteiger partial charge in [0.25, 0.3) is 5.91 Å². The summed E-state index contributed by atoms with van der Waals surface area (Å²) in [6, 6.07) is 4.79. The highest BCUT2D eigenvalue weighted by Crippen LogP contribution is 2.54. The van der Waals surface area contributed by atoms with E-state index >= 15 is 0 Å². The molecule has 2 aromatic carbocycles. The van der Waals surface area contributed by atoms with Crippen molar-refractivity contribution in [1.82, 2.24) is 0 Å². The standard InChI is InChI=1S/C30H31FN4O8/c1-4-12-8-15(5-6-17(12)31)33-29(42)34-18-11-19(35(2)3)16-9-13-7-14-10-20(36)23(28(32)41)27(40)30(14,43)26(39)21(13)25(38)22(16)24(18)37/h5-6,8,11,13-14,37-38,40,43H,4,7,9-10H2,1-3H3,(H2,32,41)(H2,33,34,42)/t13-,14+,30+/m1/s1. The van der Waals surface area contributed by atoms with Crippen LogP contribution in [0.3, 0.4) is 0 Å². The third kappa shape index (κ3) is 4.56. The maximum Gasteiger partial charge on any atom is 0.323 e. The van der Waals surface area contributed by atoms with Gasteiger partial charge in [-0.2, -0.15) is 0 Å². The number of ketones is 2. The Morgan fingerprint density at radius 1 is 1.12 bits per heavy atom. The summed E-state index contributed by atoms with van der Waals surface area (Å²) in [6.07, 6.45) is 0.0885. The summed E-state index contributed by atoms with van der Waals surface area (Å²) in [5.41, 5.74) is 2.74. The molecule has 226 valence electrons. The molecule has 13 heteroatoms. The van der Waals surface area contributed by atoms with Gasteiger partial charge in [-0.25, -0.2) is 9.18 Å². The third-order valence-corrected chi connectivity index (χ3v) is 8.45. The van der Waals surface area contributed by atoms with Gasteiger partial charge in [-0.3, -0.25) is 14.4 Å². The second-order valence-corrected chi connectivity index (χ2v) is 11.2. The van der Waals surface area contributed by atoms with Gasteiger partial charge in [0.1, 0.15) is 22.9 Å². The first kappa shape index (κ1) is 29.6. The summed E-state index contributed by atoms with van der Waals surface area (Å²) in [6.45, 7) is 1.76. The molecule has 0 radical (unpaired) electrons. The highest BCUT2D eigenvalue weighted by atomic mass is 19.1. The number of hydrogen-bond acceptors (Lipinski definition) is 9. The quantitative estimate of drug-likeness (QED) is 0.201. The van der Waals surface area contributed by atoms with Gasteiger partial charge < -0.3 is 41.7 Å². The van der Waals surface area contributed by atoms with Crippen molar-refractivity contribution in [3.63, 3.8) is 0 Å². The minimum absolute atomic E-state index is 0.00360. The molecule has 5 rings (SSSR count). The van der Waals surface area contributed by atoms with Gasteiger partial charge in [-0.1, -0.05) is 6.92 Å². The lowest BCUT2D eigenvalue weighted by atomic mass is 9.59. The number of rotatable bonds is 5. The number of primary amides is 1. The van der Waals surface area contributed by atoms with Crippen molar-refractivity contribution in [2.75, 3.05) is 29.6 Å². The van der Waals surface area contributed by atoms with Gasteiger partial charge >= 0.3 is 6.03 Å². The van der Waals surface area contributed by atoms with E-state index in [1.165, 1.54) is 24.3 Å². The number of nitrogens with zero attached hydrogens (tertiary/aromatic N) is 1. The summed E-state index contributed by atoms with van der Waals surface area (Å²) >= 11 is 0. The highest BCUT2D eigenvalue weighted by Gasteiger charge is 2.60. The van der Waals surface area contributed by atoms with Gasteiger partial charge in [-0.15, -0.1) is 0 Å². The lowest BCUT2D eigenvalue weighted by Crippen LogP contribution is -2.58. The van der Waals surface area contributed by atoms with Crippen molar-refractivity contribution >= 4 is 46.3 Å². The first-order valence-corrected chi connectivity index (χ1v) is 13.6. The monoisotopic (exact) mass is 594 g/mol. The molecule has 3 aliphatic carbocycles. The number of nitrogens with one attached hydrogen (secondary N) is 2. The van der Waals surface area contributed by atoms with Crippen LogP contribution in [0.25, 0.3) is 5.76 Å². The molecule has 0 unspecified atom stereocenters. The third-order valence-electron chi connectivity index (χ3n) is 8.45. The van der Waals surface area contributed by atoms with Crippen LogP contribution in [0.4, 0.5) is 26.2 Å². The second-order valence-electron chi connectivity index (χ2n) is 11.2. The van der Waals surface area contributed by atoms with E-state index in [0.29, 0.717) is 28.9 Å². The molecule has 43 heavy (non-hydrogen) atoms. The molecule has 2 aromatic rings. The normalized spacial score (nSPS) is 22.9. The summed E-state index contributed by atoms with van der Waals surface area (Å²) in [4.78, 5) is 52.7. The molecule has 3 amide bonds. The molecular formula is C30H31FN4O8. The van der Waals surface area contributed by atoms with Gasteiger partial charge in [0.05, 0.1) is 11.3 Å². The van der Waals surface area contributed by atoms with Crippen molar-refractivity contribution in [2.45, 2.75) is 38.2 Å². The van der Waals surface area contributed by atoms with Crippen molar-refractivity contribution in [3.05, 3.63) is 63.7 Å². The highest BCUT2D eigenvalue weighted by molar-refractivity contribution is 6.22. The summed E-state index contributed by atoms with van der Waals surface area (Å²) in [5.74, 6) is -7.82. The topological polar surface area (TPSA) is 203 Å². The largest absolute Gasteiger partial charge is 0.508 e. The molecule has 12 nitrogen and oxygen atoms in total. The number of benzene rings is 2. The lowest BCUT2D eigenvalue weighted by molar-refractivity contribution is -0.147. The number of aliphatic hydroxyl groups is 3. The number of halogens is 1. The number of nitrogens with two attached hydrogens (primary N) is 1. The molecule has 1 fully saturated rings. The number of carbonyl (C=O) groups excluding carboxylic acids is 4. The molecule has 0 spiro atoms. The number of phenolic OH excluding ortho intramolecular Hbond substituents is 1. The minimum atomic E-state index is -2.68. The summed E-state index contributed by atoms with van der Waals surface area (Å²) in [7, 11) is 3.41. The van der Waals surface area contributed by atoms with Crippen molar-refractivity contribution in [2.24, 2.45) is 17.6 Å². The SMILES string of the molecule is CCc1cc(NC(=O)Nc2cc(N(C)C)c3c(c2O)C(O)=C2C(=O)[C@]4(O)C(O)=C(C(N)=O)C(=O)C[C@@H]4C[C@@H]2C3)ccc1F. The number of carbonyl (C=O) groups is 4. The predicted octanol–water partition coefficient (Wildman–Crippen LogP) is 2.84. The fraction of sp³-hybridized carbons (Fsp3) is 0.333. The van der Waals surface area contributed by atoms with Crippen LogP contribution in [0, 0.1) is 17.7 Å². The average molecular weight is 595 g/mol. The van der Waals surface area contributed by atoms with E-state index in [4.69, 9.17) is 5.73 Å². The number of hydrogen-bond donors (Lipinski definition) is 7. The van der Waals surface area contributed by atoms with E-state index in [9.17, 15) is 44.0 Å². The number of amides is 3. The van der Waals surface area contributed by atoms with Crippen LogP contribution in [0.2, 0.25) is 0 Å². The van der Waals surface area contributed by atoms with Gasteiger partial charge in [0.15, 0.2) is 17.1 Å². The molecule has 3 aliphatic rings. The maximum absolute atomic E-state index is 13.9. The van der Waals surface area contributed by atoms with Crippen LogP contribution in [-0.2, 0) is 27.2 Å². The van der Waals surface area contributed by atoms with Gasteiger partial charge in [0.2, 0.25) is 5.78 Å². The molecule has 0 saturated heterocycles. The van der Waals surface area contributed by atoms with E-state index in [2.05, 4.69) is 10.6 Å². The van der Waals surface area contributed by atoms with E-state index < -0.39 is 76.0 Å². The number of Topliss-reactive ketones (excluding diaryl/α,β-unsaturated/α-hetero) is 2. The van der Waals surface area contributed by atoms with Crippen molar-refractivity contribution in [1.29, 1.82) is 0 Å². The van der Waals surface area contributed by atoms with Crippen LogP contribution in [0.15, 0.2) is 41.2 Å². The first-order valence-electron chi connectivity index (χ1n) is 13.6. The van der Waals surface area contributed by atoms with E-state index in [0.717, 1.165) is 0 Å². The molecular weight excluding hydrogens is 563 g/mol. The smallest absolute Gasteiger partial charge is 0.323 e. The number of aliphatic hydroxyl groups excluding tert-OH is 2. The first-order chi connectivity index (χ1) is 20.2. The Morgan fingerprint density at radius 3 is 2.44 bits per heavy atom. The molecule has 0 aromatic heterocycles. The average Bonchev–Trinajstić information content (AvgIpc) is 2.92. The zero-order valence-electron chi connectivity index (χ0n) is 23.6. The molecule has 0 aliphatic heterocycles.